The van der Waals surface area contributed by atoms with Crippen molar-refractivity contribution in [2.24, 2.45) is 7.05 Å². The lowest BCUT2D eigenvalue weighted by molar-refractivity contribution is 0.0690. The summed E-state index contributed by atoms with van der Waals surface area (Å²) in [4.78, 5) is 26.8. The lowest BCUT2D eigenvalue weighted by Crippen LogP contribution is -2.39. The molecular formula is C17H21N3O2. The first-order valence-corrected chi connectivity index (χ1v) is 7.83. The number of aromatic nitrogens is 2. The number of carbonyl (C=O) groups excluding carboxylic acids is 1. The molecule has 0 N–H and O–H groups in total. The van der Waals surface area contributed by atoms with Gasteiger partial charge in [0.25, 0.3) is 11.5 Å². The third kappa shape index (κ3) is 2.51. The van der Waals surface area contributed by atoms with E-state index < -0.39 is 0 Å². The molecule has 0 unspecified atom stereocenters. The van der Waals surface area contributed by atoms with E-state index in [1.165, 1.54) is 23.9 Å². The molecule has 1 fully saturated rings. The smallest absolute Gasteiger partial charge is 0.274 e. The molecule has 3 rings (SSSR count). The lowest BCUT2D eigenvalue weighted by atomic mass is 9.94. The molecule has 2 aromatic rings. The third-order valence-electron chi connectivity index (χ3n) is 4.60. The fourth-order valence-corrected chi connectivity index (χ4v) is 3.26. The maximum atomic E-state index is 12.9. The first kappa shape index (κ1) is 14.8. The molecular weight excluding hydrogens is 278 g/mol. The van der Waals surface area contributed by atoms with Gasteiger partial charge in [0.1, 0.15) is 0 Å². The number of rotatable bonds is 2. The van der Waals surface area contributed by atoms with E-state index in [0.29, 0.717) is 16.5 Å². The van der Waals surface area contributed by atoms with E-state index in [4.69, 9.17) is 0 Å². The first-order chi connectivity index (χ1) is 10.6. The van der Waals surface area contributed by atoms with Crippen molar-refractivity contribution in [2.45, 2.75) is 38.1 Å². The van der Waals surface area contributed by atoms with Crippen LogP contribution in [0.25, 0.3) is 10.8 Å². The average Bonchev–Trinajstić information content (AvgIpc) is 2.57. The van der Waals surface area contributed by atoms with Crippen LogP contribution in [0.1, 0.15) is 42.6 Å². The van der Waals surface area contributed by atoms with Crippen LogP contribution < -0.4 is 5.56 Å². The Morgan fingerprint density at radius 3 is 2.50 bits per heavy atom. The summed E-state index contributed by atoms with van der Waals surface area (Å²) in [7, 11) is 3.44. The van der Waals surface area contributed by atoms with Gasteiger partial charge in [-0.05, 0) is 18.9 Å². The normalized spacial score (nSPS) is 15.9. The second-order valence-corrected chi connectivity index (χ2v) is 6.03. The molecule has 0 bridgehead atoms. The number of aryl methyl sites for hydroxylation is 1. The minimum atomic E-state index is -0.174. The Labute approximate surface area is 129 Å². The number of hydrogen-bond donors (Lipinski definition) is 0. The maximum Gasteiger partial charge on any atom is 0.274 e. The van der Waals surface area contributed by atoms with E-state index in [1.807, 2.05) is 19.2 Å². The van der Waals surface area contributed by atoms with E-state index >= 15 is 0 Å². The highest BCUT2D eigenvalue weighted by Gasteiger charge is 2.25. The lowest BCUT2D eigenvalue weighted by Gasteiger charge is -2.31. The zero-order valence-corrected chi connectivity index (χ0v) is 13.1. The van der Waals surface area contributed by atoms with Crippen molar-refractivity contribution >= 4 is 16.7 Å². The second-order valence-electron chi connectivity index (χ2n) is 6.03. The van der Waals surface area contributed by atoms with Crippen LogP contribution in [-0.4, -0.2) is 33.7 Å². The van der Waals surface area contributed by atoms with Crippen molar-refractivity contribution in [3.8, 4) is 0 Å². The molecule has 1 saturated carbocycles. The predicted molar refractivity (Wildman–Crippen MR) is 86.0 cm³/mol. The van der Waals surface area contributed by atoms with Crippen molar-refractivity contribution in [3.63, 3.8) is 0 Å². The molecule has 1 aromatic heterocycles. The largest absolute Gasteiger partial charge is 0.337 e. The molecule has 116 valence electrons. The molecule has 0 aliphatic heterocycles. The highest BCUT2D eigenvalue weighted by atomic mass is 16.2. The zero-order valence-electron chi connectivity index (χ0n) is 13.1. The molecule has 0 spiro atoms. The Morgan fingerprint density at radius 1 is 1.18 bits per heavy atom. The van der Waals surface area contributed by atoms with Crippen LogP contribution >= 0.6 is 0 Å². The number of fused-ring (bicyclic) bond motifs is 1. The second kappa shape index (κ2) is 5.91. The average molecular weight is 299 g/mol. The molecule has 1 aliphatic carbocycles. The fraction of sp³-hybridized carbons (Fsp3) is 0.471. The minimum absolute atomic E-state index is 0.0984. The summed E-state index contributed by atoms with van der Waals surface area (Å²) in [5, 5.41) is 5.41. The summed E-state index contributed by atoms with van der Waals surface area (Å²) >= 11 is 0. The van der Waals surface area contributed by atoms with E-state index in [-0.39, 0.29) is 17.5 Å². The Balaban J connectivity index is 2.04. The molecule has 1 aliphatic rings. The van der Waals surface area contributed by atoms with Crippen LogP contribution in [0.4, 0.5) is 0 Å². The van der Waals surface area contributed by atoms with Crippen molar-refractivity contribution < 1.29 is 4.79 Å². The van der Waals surface area contributed by atoms with Gasteiger partial charge in [-0.3, -0.25) is 9.59 Å². The predicted octanol–water partition coefficient (Wildman–Crippen LogP) is 2.34. The Bertz CT molecular complexity index is 760. The number of carbonyl (C=O) groups is 1. The Kier molecular flexibility index (Phi) is 3.96. The molecule has 5 heteroatoms. The van der Waals surface area contributed by atoms with Gasteiger partial charge in [-0.1, -0.05) is 37.5 Å². The highest BCUT2D eigenvalue weighted by Crippen LogP contribution is 2.23. The topological polar surface area (TPSA) is 55.2 Å². The van der Waals surface area contributed by atoms with Crippen molar-refractivity contribution in [1.29, 1.82) is 0 Å². The van der Waals surface area contributed by atoms with Gasteiger partial charge in [-0.2, -0.15) is 5.10 Å². The van der Waals surface area contributed by atoms with E-state index in [2.05, 4.69) is 5.10 Å². The molecule has 0 atom stereocenters. The van der Waals surface area contributed by atoms with Crippen LogP contribution in [0.15, 0.2) is 29.1 Å². The zero-order chi connectivity index (χ0) is 15.7. The van der Waals surface area contributed by atoms with Gasteiger partial charge < -0.3 is 4.90 Å². The van der Waals surface area contributed by atoms with Crippen molar-refractivity contribution in [2.75, 3.05) is 7.05 Å². The molecule has 0 radical (unpaired) electrons. The van der Waals surface area contributed by atoms with Gasteiger partial charge in [0.15, 0.2) is 5.69 Å². The maximum absolute atomic E-state index is 12.9. The van der Waals surface area contributed by atoms with Gasteiger partial charge in [-0.25, -0.2) is 4.68 Å². The standard InChI is InChI=1S/C17H21N3O2/c1-19(12-8-4-3-5-9-12)17(22)15-13-10-6-7-11-14(13)16(21)20(2)18-15/h6-7,10-12H,3-5,8-9H2,1-2H3. The Hall–Kier alpha value is -2.17. The molecule has 1 heterocycles. The quantitative estimate of drug-likeness (QED) is 0.855. The third-order valence-corrected chi connectivity index (χ3v) is 4.60. The monoisotopic (exact) mass is 299 g/mol. The Morgan fingerprint density at radius 2 is 1.82 bits per heavy atom. The van der Waals surface area contributed by atoms with Crippen LogP contribution in [0.5, 0.6) is 0 Å². The molecule has 0 saturated heterocycles. The number of nitrogens with zero attached hydrogens (tertiary/aromatic N) is 3. The highest BCUT2D eigenvalue weighted by molar-refractivity contribution is 6.04. The van der Waals surface area contributed by atoms with E-state index in [0.717, 1.165) is 12.8 Å². The summed E-state index contributed by atoms with van der Waals surface area (Å²) < 4.78 is 1.25. The minimum Gasteiger partial charge on any atom is -0.337 e. The van der Waals surface area contributed by atoms with Crippen LogP contribution in [-0.2, 0) is 7.05 Å². The first-order valence-electron chi connectivity index (χ1n) is 7.83. The van der Waals surface area contributed by atoms with Crippen LogP contribution in [0, 0.1) is 0 Å². The molecule has 1 aromatic carbocycles. The van der Waals surface area contributed by atoms with Crippen molar-refractivity contribution in [3.05, 3.63) is 40.3 Å². The number of amides is 1. The summed E-state index contributed by atoms with van der Waals surface area (Å²) in [6.07, 6.45) is 5.69. The SMILES string of the molecule is CN(C(=O)c1nn(C)c(=O)c2ccccc12)C1CCCCC1. The van der Waals surface area contributed by atoms with Gasteiger partial charge in [0, 0.05) is 25.5 Å². The van der Waals surface area contributed by atoms with E-state index in [1.54, 1.807) is 24.1 Å². The van der Waals surface area contributed by atoms with Gasteiger partial charge in [-0.15, -0.1) is 0 Å². The number of hydrogen-bond acceptors (Lipinski definition) is 3. The van der Waals surface area contributed by atoms with Gasteiger partial charge in [0.05, 0.1) is 5.39 Å². The molecule has 5 nitrogen and oxygen atoms in total. The van der Waals surface area contributed by atoms with Crippen molar-refractivity contribution in [1.82, 2.24) is 14.7 Å². The number of benzene rings is 1. The summed E-state index contributed by atoms with van der Waals surface area (Å²) in [6.45, 7) is 0. The summed E-state index contributed by atoms with van der Waals surface area (Å²) in [5.41, 5.74) is 0.193. The molecule has 1 amide bonds. The van der Waals surface area contributed by atoms with Gasteiger partial charge >= 0.3 is 0 Å². The summed E-state index contributed by atoms with van der Waals surface area (Å²) in [6, 6.07) is 7.46. The van der Waals surface area contributed by atoms with Gasteiger partial charge in [0.2, 0.25) is 0 Å². The van der Waals surface area contributed by atoms with Crippen LogP contribution in [0.3, 0.4) is 0 Å². The molecule has 22 heavy (non-hydrogen) atoms. The van der Waals surface area contributed by atoms with Crippen LogP contribution in [0.2, 0.25) is 0 Å². The summed E-state index contributed by atoms with van der Waals surface area (Å²) in [5.74, 6) is -0.0984. The fourth-order valence-electron chi connectivity index (χ4n) is 3.26. The van der Waals surface area contributed by atoms with E-state index in [9.17, 15) is 9.59 Å².